The van der Waals surface area contributed by atoms with Gasteiger partial charge in [0.15, 0.2) is 0 Å². The second-order valence-corrected chi connectivity index (χ2v) is 5.87. The van der Waals surface area contributed by atoms with Crippen LogP contribution in [0.3, 0.4) is 0 Å². The van der Waals surface area contributed by atoms with Crippen LogP contribution in [0.5, 0.6) is 0 Å². The topological polar surface area (TPSA) is 78.4 Å². The minimum absolute atomic E-state index is 0.0347. The molecule has 5 nitrogen and oxygen atoms in total. The zero-order valence-electron chi connectivity index (χ0n) is 13.3. The van der Waals surface area contributed by atoms with Crippen molar-refractivity contribution in [3.63, 3.8) is 0 Å². The summed E-state index contributed by atoms with van der Waals surface area (Å²) in [4.78, 5) is 23.0. The van der Waals surface area contributed by atoms with Crippen LogP contribution in [0, 0.1) is 0 Å². The highest BCUT2D eigenvalue weighted by atomic mass is 35.5. The lowest BCUT2D eigenvalue weighted by atomic mass is 10.1. The lowest BCUT2D eigenvalue weighted by Gasteiger charge is -2.12. The molecule has 0 bridgehead atoms. The van der Waals surface area contributed by atoms with Gasteiger partial charge in [-0.25, -0.2) is 0 Å². The maximum atomic E-state index is 12.0. The number of aliphatic hydroxyl groups excluding tert-OH is 1. The first-order valence-electron chi connectivity index (χ1n) is 7.51. The molecule has 6 heteroatoms. The zero-order chi connectivity index (χ0) is 17.5. The third-order valence-electron chi connectivity index (χ3n) is 3.37. The van der Waals surface area contributed by atoms with E-state index in [2.05, 4.69) is 10.6 Å². The number of anilines is 1. The lowest BCUT2D eigenvalue weighted by Crippen LogP contribution is -2.24. The van der Waals surface area contributed by atoms with E-state index in [9.17, 15) is 14.7 Å². The molecule has 2 amide bonds. The molecular formula is C18H19ClN2O3. The van der Waals surface area contributed by atoms with Gasteiger partial charge in [-0.15, -0.1) is 0 Å². The molecule has 0 aliphatic heterocycles. The number of rotatable bonds is 6. The van der Waals surface area contributed by atoms with E-state index in [4.69, 9.17) is 11.6 Å². The Balaban J connectivity index is 1.86. The SMILES string of the molecule is CC(=O)Nc1cccc(CNC(=O)CC(O)c2ccc(Cl)cc2)c1. The molecule has 2 rings (SSSR count). The third-order valence-corrected chi connectivity index (χ3v) is 3.62. The van der Waals surface area contributed by atoms with E-state index in [0.717, 1.165) is 5.56 Å². The van der Waals surface area contributed by atoms with Crippen molar-refractivity contribution in [1.82, 2.24) is 5.32 Å². The Bertz CT molecular complexity index is 716. The third kappa shape index (κ3) is 5.68. The molecule has 3 N–H and O–H groups in total. The van der Waals surface area contributed by atoms with E-state index in [1.807, 2.05) is 6.07 Å². The number of benzene rings is 2. The van der Waals surface area contributed by atoms with Gasteiger partial charge < -0.3 is 15.7 Å². The van der Waals surface area contributed by atoms with Crippen molar-refractivity contribution in [2.45, 2.75) is 26.0 Å². The molecule has 2 aromatic carbocycles. The van der Waals surface area contributed by atoms with E-state index in [0.29, 0.717) is 22.8 Å². The molecule has 0 radical (unpaired) electrons. The van der Waals surface area contributed by atoms with Gasteiger partial charge in [-0.05, 0) is 35.4 Å². The molecule has 0 heterocycles. The number of hydrogen-bond donors (Lipinski definition) is 3. The number of carbonyl (C=O) groups is 2. The van der Waals surface area contributed by atoms with Crippen molar-refractivity contribution in [2.24, 2.45) is 0 Å². The molecule has 0 saturated heterocycles. The number of aliphatic hydroxyl groups is 1. The summed E-state index contributed by atoms with van der Waals surface area (Å²) >= 11 is 5.80. The van der Waals surface area contributed by atoms with E-state index in [-0.39, 0.29) is 18.2 Å². The fraction of sp³-hybridized carbons (Fsp3) is 0.222. The Hall–Kier alpha value is -2.37. The summed E-state index contributed by atoms with van der Waals surface area (Å²) in [6.07, 6.45) is -0.916. The minimum atomic E-state index is -0.881. The second-order valence-electron chi connectivity index (χ2n) is 5.43. The zero-order valence-corrected chi connectivity index (χ0v) is 14.0. The smallest absolute Gasteiger partial charge is 0.223 e. The molecule has 0 aliphatic carbocycles. The molecule has 1 unspecified atom stereocenters. The molecule has 0 fully saturated rings. The Morgan fingerprint density at radius 2 is 1.88 bits per heavy atom. The highest BCUT2D eigenvalue weighted by molar-refractivity contribution is 6.30. The van der Waals surface area contributed by atoms with Gasteiger partial charge in [0.2, 0.25) is 11.8 Å². The highest BCUT2D eigenvalue weighted by Crippen LogP contribution is 2.19. The monoisotopic (exact) mass is 346 g/mol. The number of carbonyl (C=O) groups excluding carboxylic acids is 2. The van der Waals surface area contributed by atoms with E-state index >= 15 is 0 Å². The van der Waals surface area contributed by atoms with Gasteiger partial charge in [0, 0.05) is 24.2 Å². The molecule has 2 aromatic rings. The Morgan fingerprint density at radius 1 is 1.17 bits per heavy atom. The number of amides is 2. The van der Waals surface area contributed by atoms with Crippen LogP contribution in [-0.4, -0.2) is 16.9 Å². The second kappa shape index (κ2) is 8.47. The number of hydrogen-bond acceptors (Lipinski definition) is 3. The van der Waals surface area contributed by atoms with Crippen molar-refractivity contribution in [3.8, 4) is 0 Å². The highest BCUT2D eigenvalue weighted by Gasteiger charge is 2.12. The summed E-state index contributed by atoms with van der Waals surface area (Å²) in [5.41, 5.74) is 2.17. The van der Waals surface area contributed by atoms with Crippen LogP contribution in [0.2, 0.25) is 5.02 Å². The van der Waals surface area contributed by atoms with Crippen molar-refractivity contribution in [1.29, 1.82) is 0 Å². The lowest BCUT2D eigenvalue weighted by molar-refractivity contribution is -0.123. The van der Waals surface area contributed by atoms with Gasteiger partial charge >= 0.3 is 0 Å². The standard InChI is InChI=1S/C18H19ClN2O3/c1-12(22)21-16-4-2-3-13(9-16)11-20-18(24)10-17(23)14-5-7-15(19)8-6-14/h2-9,17,23H,10-11H2,1H3,(H,20,24)(H,21,22). The summed E-state index contributed by atoms with van der Waals surface area (Å²) in [6.45, 7) is 1.76. The fourth-order valence-corrected chi connectivity index (χ4v) is 2.34. The van der Waals surface area contributed by atoms with Crippen LogP contribution in [-0.2, 0) is 16.1 Å². The van der Waals surface area contributed by atoms with Crippen LogP contribution >= 0.6 is 11.6 Å². The van der Waals surface area contributed by atoms with Crippen LogP contribution in [0.1, 0.15) is 30.6 Å². The van der Waals surface area contributed by atoms with E-state index < -0.39 is 6.10 Å². The maximum Gasteiger partial charge on any atom is 0.223 e. The molecule has 126 valence electrons. The summed E-state index contributed by atoms with van der Waals surface area (Å²) in [6, 6.07) is 13.9. The van der Waals surface area contributed by atoms with Gasteiger partial charge in [0.25, 0.3) is 0 Å². The van der Waals surface area contributed by atoms with Crippen molar-refractivity contribution in [3.05, 3.63) is 64.7 Å². The van der Waals surface area contributed by atoms with Crippen LogP contribution in [0.4, 0.5) is 5.69 Å². The molecule has 0 saturated carbocycles. The summed E-state index contributed by atoms with van der Waals surface area (Å²) in [5, 5.41) is 16.1. The Morgan fingerprint density at radius 3 is 2.54 bits per heavy atom. The van der Waals surface area contributed by atoms with Gasteiger partial charge in [0.1, 0.15) is 0 Å². The molecule has 0 aliphatic rings. The van der Waals surface area contributed by atoms with E-state index in [1.165, 1.54) is 6.92 Å². The Labute approximate surface area is 145 Å². The van der Waals surface area contributed by atoms with E-state index in [1.54, 1.807) is 42.5 Å². The molecule has 24 heavy (non-hydrogen) atoms. The number of halogens is 1. The maximum absolute atomic E-state index is 12.0. The first-order valence-corrected chi connectivity index (χ1v) is 7.88. The van der Waals surface area contributed by atoms with Crippen LogP contribution in [0.15, 0.2) is 48.5 Å². The molecular weight excluding hydrogens is 328 g/mol. The average molecular weight is 347 g/mol. The summed E-state index contributed by atoms with van der Waals surface area (Å²) in [7, 11) is 0. The molecule has 1 atom stereocenters. The predicted octanol–water partition coefficient (Wildman–Crippen LogP) is 3.04. The van der Waals surface area contributed by atoms with Crippen molar-refractivity contribution in [2.75, 3.05) is 5.32 Å². The molecule has 0 spiro atoms. The van der Waals surface area contributed by atoms with Gasteiger partial charge in [-0.2, -0.15) is 0 Å². The largest absolute Gasteiger partial charge is 0.388 e. The first kappa shape index (κ1) is 18.0. The molecule has 0 aromatic heterocycles. The predicted molar refractivity (Wildman–Crippen MR) is 93.6 cm³/mol. The van der Waals surface area contributed by atoms with Gasteiger partial charge in [-0.1, -0.05) is 35.9 Å². The van der Waals surface area contributed by atoms with Crippen LogP contribution < -0.4 is 10.6 Å². The Kier molecular flexibility index (Phi) is 6.35. The fourth-order valence-electron chi connectivity index (χ4n) is 2.21. The van der Waals surface area contributed by atoms with Crippen LogP contribution in [0.25, 0.3) is 0 Å². The summed E-state index contributed by atoms with van der Waals surface area (Å²) < 4.78 is 0. The van der Waals surface area contributed by atoms with Crippen molar-refractivity contribution >= 4 is 29.1 Å². The number of nitrogens with one attached hydrogen (secondary N) is 2. The average Bonchev–Trinajstić information content (AvgIpc) is 2.53. The summed E-state index contributed by atoms with van der Waals surface area (Å²) in [5.74, 6) is -0.412. The minimum Gasteiger partial charge on any atom is -0.388 e. The normalized spacial score (nSPS) is 11.6. The van der Waals surface area contributed by atoms with Crippen molar-refractivity contribution < 1.29 is 14.7 Å². The quantitative estimate of drug-likeness (QED) is 0.752. The van der Waals surface area contributed by atoms with Gasteiger partial charge in [0.05, 0.1) is 12.5 Å². The first-order chi connectivity index (χ1) is 11.4. The van der Waals surface area contributed by atoms with Gasteiger partial charge in [-0.3, -0.25) is 9.59 Å².